The molecule has 6 heterocycles. The highest BCUT2D eigenvalue weighted by Gasteiger charge is 2.39. The molecule has 2 bridgehead atoms. The van der Waals surface area contributed by atoms with Gasteiger partial charge >= 0.3 is 0 Å². The Bertz CT molecular complexity index is 1540. The number of rotatable bonds is 8. The third-order valence-corrected chi connectivity index (χ3v) is 10.3. The van der Waals surface area contributed by atoms with Crippen LogP contribution in [0.2, 0.25) is 0 Å². The number of piperidine rings is 2. The van der Waals surface area contributed by atoms with Gasteiger partial charge in [0.25, 0.3) is 0 Å². The minimum atomic E-state index is 0.0145. The number of hydrogen-bond donors (Lipinski definition) is 2. The number of nitrogens with one attached hydrogen (secondary N) is 2. The van der Waals surface area contributed by atoms with Gasteiger partial charge in [-0.05, 0) is 89.5 Å². The monoisotopic (exact) mass is 626 g/mol. The van der Waals surface area contributed by atoms with Crippen LogP contribution in [-0.2, 0) is 14.3 Å². The van der Waals surface area contributed by atoms with E-state index in [9.17, 15) is 9.59 Å². The number of anilines is 2. The predicted molar refractivity (Wildman–Crippen MR) is 180 cm³/mol. The quantitative estimate of drug-likeness (QED) is 0.364. The lowest BCUT2D eigenvalue weighted by Gasteiger charge is -2.41. The zero-order valence-electron chi connectivity index (χ0n) is 27.0. The smallest absolute Gasteiger partial charge is 0.246 e. The normalized spacial score (nSPS) is 23.2. The van der Waals surface area contributed by atoms with Gasteiger partial charge in [-0.15, -0.1) is 0 Å². The molecule has 2 N–H and O–H groups in total. The second kappa shape index (κ2) is 13.5. The number of likely N-dealkylation sites (N-methyl/N-ethyl adjacent to an activating group) is 1. The molecule has 0 radical (unpaired) electrons. The summed E-state index contributed by atoms with van der Waals surface area (Å²) in [7, 11) is 3.99. The van der Waals surface area contributed by atoms with Crippen molar-refractivity contribution in [2.75, 3.05) is 70.2 Å². The molecule has 0 saturated carbocycles. The van der Waals surface area contributed by atoms with Gasteiger partial charge < -0.3 is 34.6 Å². The van der Waals surface area contributed by atoms with E-state index in [1.165, 1.54) is 0 Å². The van der Waals surface area contributed by atoms with E-state index in [2.05, 4.69) is 31.2 Å². The first kappa shape index (κ1) is 30.8. The number of aromatic nitrogens is 3. The van der Waals surface area contributed by atoms with E-state index in [0.29, 0.717) is 18.1 Å². The Labute approximate surface area is 271 Å². The minimum absolute atomic E-state index is 0.0145. The number of benzene rings is 1. The van der Waals surface area contributed by atoms with Crippen molar-refractivity contribution in [3.05, 3.63) is 48.8 Å². The molecule has 7 rings (SSSR count). The van der Waals surface area contributed by atoms with E-state index in [1.807, 2.05) is 54.2 Å². The topological polar surface area (TPSA) is 110 Å². The second-order valence-electron chi connectivity index (χ2n) is 13.6. The van der Waals surface area contributed by atoms with Crippen LogP contribution in [0.3, 0.4) is 0 Å². The van der Waals surface area contributed by atoms with Crippen molar-refractivity contribution in [3.8, 4) is 11.3 Å². The minimum Gasteiger partial charge on any atom is -0.377 e. The zero-order chi connectivity index (χ0) is 31.6. The first-order valence-electron chi connectivity index (χ1n) is 16.9. The van der Waals surface area contributed by atoms with Crippen LogP contribution in [0, 0.1) is 5.92 Å². The molecule has 4 saturated heterocycles. The van der Waals surface area contributed by atoms with Crippen molar-refractivity contribution in [2.24, 2.45) is 5.92 Å². The Kier molecular flexibility index (Phi) is 9.06. The lowest BCUT2D eigenvalue weighted by molar-refractivity contribution is -0.128. The van der Waals surface area contributed by atoms with Crippen molar-refractivity contribution in [2.45, 2.75) is 56.7 Å². The molecule has 2 aromatic heterocycles. The van der Waals surface area contributed by atoms with Crippen LogP contribution < -0.4 is 10.2 Å². The average Bonchev–Trinajstić information content (AvgIpc) is 3.62. The van der Waals surface area contributed by atoms with Gasteiger partial charge in [-0.3, -0.25) is 9.59 Å². The zero-order valence-corrected chi connectivity index (χ0v) is 27.0. The van der Waals surface area contributed by atoms with Crippen molar-refractivity contribution in [1.29, 1.82) is 0 Å². The van der Waals surface area contributed by atoms with Gasteiger partial charge in [-0.2, -0.15) is 0 Å². The van der Waals surface area contributed by atoms with E-state index < -0.39 is 0 Å². The molecule has 0 spiro atoms. The fraction of sp³-hybridized carbons (Fsp3) is 0.543. The maximum absolute atomic E-state index is 13.2. The van der Waals surface area contributed by atoms with Crippen LogP contribution in [0.1, 0.15) is 38.5 Å². The van der Waals surface area contributed by atoms with Gasteiger partial charge in [-0.25, -0.2) is 9.97 Å². The van der Waals surface area contributed by atoms with Crippen LogP contribution in [0.15, 0.2) is 48.8 Å². The average molecular weight is 627 g/mol. The second-order valence-corrected chi connectivity index (χ2v) is 13.6. The summed E-state index contributed by atoms with van der Waals surface area (Å²) in [6.45, 7) is 5.73. The summed E-state index contributed by atoms with van der Waals surface area (Å²) in [6, 6.07) is 11.4. The Morgan fingerprint density at radius 3 is 2.37 bits per heavy atom. The van der Waals surface area contributed by atoms with Crippen LogP contribution >= 0.6 is 0 Å². The summed E-state index contributed by atoms with van der Waals surface area (Å²) in [5.41, 5.74) is 3.67. The fourth-order valence-electron chi connectivity index (χ4n) is 7.69. The Balaban J connectivity index is 0.905. The summed E-state index contributed by atoms with van der Waals surface area (Å²) < 4.78 is 5.79. The Hall–Kier alpha value is -3.80. The first-order chi connectivity index (χ1) is 22.4. The molecule has 11 heteroatoms. The molecule has 46 heavy (non-hydrogen) atoms. The van der Waals surface area contributed by atoms with E-state index >= 15 is 0 Å². The highest BCUT2D eigenvalue weighted by Crippen LogP contribution is 2.37. The standard InChI is InChI=1S/C35H46N8O3/c1-40(2)15-3-4-32(44)42-18-13-27(14-19-42)41-16-11-25(12-17-41)35(45)38-26-7-5-24(6-8-26)31-20-30-33(39-31)36-23-37-34(30)43-28-9-10-29(43)22-46-21-28/h3-8,20,23,25,27-29H,9-19,21-22H2,1-2H3,(H,38,45)(H,36,37,39)/b4-3+. The van der Waals surface area contributed by atoms with Gasteiger partial charge in [0.1, 0.15) is 17.8 Å². The van der Waals surface area contributed by atoms with Gasteiger partial charge in [0, 0.05) is 49.1 Å². The van der Waals surface area contributed by atoms with Crippen molar-refractivity contribution in [1.82, 2.24) is 29.7 Å². The molecule has 1 aromatic carbocycles. The van der Waals surface area contributed by atoms with Gasteiger partial charge in [0.05, 0.1) is 30.7 Å². The van der Waals surface area contributed by atoms with E-state index in [-0.39, 0.29) is 17.7 Å². The summed E-state index contributed by atoms with van der Waals surface area (Å²) in [4.78, 5) is 47.4. The maximum atomic E-state index is 13.2. The number of ether oxygens (including phenoxy) is 1. The SMILES string of the molecule is CN(C)C/C=C/C(=O)N1CCC(N2CCC(C(=O)Nc3ccc(-c4cc5c(N6C7CCC6COC7)ncnc5[nH]4)cc3)CC2)CC1. The van der Waals surface area contributed by atoms with E-state index in [1.54, 1.807) is 12.4 Å². The molecule has 0 aliphatic carbocycles. The lowest BCUT2D eigenvalue weighted by atomic mass is 9.92. The molecular weight excluding hydrogens is 580 g/mol. The van der Waals surface area contributed by atoms with Gasteiger partial charge in [0.2, 0.25) is 11.8 Å². The predicted octanol–water partition coefficient (Wildman–Crippen LogP) is 3.75. The number of aromatic amines is 1. The van der Waals surface area contributed by atoms with Crippen LogP contribution in [0.4, 0.5) is 11.5 Å². The largest absolute Gasteiger partial charge is 0.377 e. The van der Waals surface area contributed by atoms with Crippen molar-refractivity contribution >= 4 is 34.4 Å². The number of hydrogen-bond acceptors (Lipinski definition) is 8. The summed E-state index contributed by atoms with van der Waals surface area (Å²) in [5.74, 6) is 1.22. The highest BCUT2D eigenvalue weighted by molar-refractivity contribution is 5.94. The first-order valence-corrected chi connectivity index (χ1v) is 16.9. The molecule has 11 nitrogen and oxygen atoms in total. The molecule has 3 aromatic rings. The van der Waals surface area contributed by atoms with Crippen LogP contribution in [0.25, 0.3) is 22.3 Å². The lowest BCUT2D eigenvalue weighted by Crippen LogP contribution is -2.49. The van der Waals surface area contributed by atoms with Crippen molar-refractivity contribution in [3.63, 3.8) is 0 Å². The Morgan fingerprint density at radius 1 is 0.957 bits per heavy atom. The summed E-state index contributed by atoms with van der Waals surface area (Å²) in [6.07, 6.45) is 11.3. The van der Waals surface area contributed by atoms with Crippen LogP contribution in [-0.4, -0.2) is 120 Å². The molecule has 4 fully saturated rings. The number of amides is 2. The summed E-state index contributed by atoms with van der Waals surface area (Å²) >= 11 is 0. The molecule has 4 aliphatic rings. The van der Waals surface area contributed by atoms with Crippen molar-refractivity contribution < 1.29 is 14.3 Å². The number of carbonyl (C=O) groups is 2. The summed E-state index contributed by atoms with van der Waals surface area (Å²) in [5, 5.41) is 4.19. The number of carbonyl (C=O) groups excluding carboxylic acids is 2. The number of likely N-dealkylation sites (tertiary alicyclic amines) is 2. The van der Waals surface area contributed by atoms with Crippen LogP contribution in [0.5, 0.6) is 0 Å². The van der Waals surface area contributed by atoms with Gasteiger partial charge in [-0.1, -0.05) is 18.2 Å². The molecule has 244 valence electrons. The molecule has 4 aliphatic heterocycles. The number of fused-ring (bicyclic) bond motifs is 3. The number of morpholine rings is 1. The molecule has 2 unspecified atom stereocenters. The molecule has 2 atom stereocenters. The molecular formula is C35H46N8O3. The highest BCUT2D eigenvalue weighted by atomic mass is 16.5. The number of H-pyrrole nitrogens is 1. The van der Waals surface area contributed by atoms with E-state index in [0.717, 1.165) is 118 Å². The fourth-order valence-corrected chi connectivity index (χ4v) is 7.69. The maximum Gasteiger partial charge on any atom is 0.246 e. The third-order valence-electron chi connectivity index (χ3n) is 10.3. The van der Waals surface area contributed by atoms with E-state index in [4.69, 9.17) is 9.72 Å². The number of nitrogens with zero attached hydrogens (tertiary/aromatic N) is 6. The van der Waals surface area contributed by atoms with Gasteiger partial charge in [0.15, 0.2) is 0 Å². The third kappa shape index (κ3) is 6.54. The molecule has 2 amide bonds. The Morgan fingerprint density at radius 2 is 1.67 bits per heavy atom.